The first-order chi connectivity index (χ1) is 10.0. The van der Waals surface area contributed by atoms with Crippen molar-refractivity contribution in [2.24, 2.45) is 16.6 Å². The van der Waals surface area contributed by atoms with Crippen LogP contribution in [-0.2, 0) is 6.54 Å². The van der Waals surface area contributed by atoms with Gasteiger partial charge in [0, 0.05) is 6.04 Å². The Labute approximate surface area is 128 Å². The Kier molecular flexibility index (Phi) is 7.65. The molecule has 1 aromatic rings. The molecular weight excluding hydrogens is 262 g/mol. The van der Waals surface area contributed by atoms with Gasteiger partial charge in [-0.05, 0) is 37.0 Å². The smallest absolute Gasteiger partial charge is 0.189 e. The van der Waals surface area contributed by atoms with Crippen molar-refractivity contribution in [1.29, 1.82) is 0 Å². The highest BCUT2D eigenvalue weighted by molar-refractivity contribution is 5.78. The summed E-state index contributed by atoms with van der Waals surface area (Å²) in [6, 6.07) is 8.24. The van der Waals surface area contributed by atoms with E-state index in [1.54, 1.807) is 7.11 Å². The second-order valence-corrected chi connectivity index (χ2v) is 5.92. The molecule has 118 valence electrons. The van der Waals surface area contributed by atoms with Gasteiger partial charge in [-0.25, -0.2) is 4.99 Å². The van der Waals surface area contributed by atoms with Gasteiger partial charge < -0.3 is 15.8 Å². The Morgan fingerprint density at radius 1 is 1.29 bits per heavy atom. The van der Waals surface area contributed by atoms with E-state index in [0.717, 1.165) is 23.7 Å². The second-order valence-electron chi connectivity index (χ2n) is 5.92. The highest BCUT2D eigenvalue weighted by atomic mass is 16.5. The molecule has 0 aromatic heterocycles. The van der Waals surface area contributed by atoms with Gasteiger partial charge in [-0.15, -0.1) is 0 Å². The maximum atomic E-state index is 5.93. The van der Waals surface area contributed by atoms with Gasteiger partial charge in [0.1, 0.15) is 5.75 Å². The summed E-state index contributed by atoms with van der Waals surface area (Å²) < 4.78 is 5.19. The standard InChI is InChI=1S/C17H29N3O/c1-13(2)7-5-8-14(3)20-17(18)19-12-15-9-6-10-16(11-15)21-4/h6,9-11,13-14H,5,7-8,12H2,1-4H3,(H3,18,19,20). The van der Waals surface area contributed by atoms with E-state index in [1.807, 2.05) is 24.3 Å². The zero-order chi connectivity index (χ0) is 15.7. The van der Waals surface area contributed by atoms with Gasteiger partial charge in [-0.1, -0.05) is 38.8 Å². The van der Waals surface area contributed by atoms with E-state index in [-0.39, 0.29) is 0 Å². The van der Waals surface area contributed by atoms with Crippen molar-refractivity contribution in [1.82, 2.24) is 5.32 Å². The molecule has 1 unspecified atom stereocenters. The first kappa shape index (κ1) is 17.3. The Bertz CT molecular complexity index is 443. The van der Waals surface area contributed by atoms with Crippen LogP contribution >= 0.6 is 0 Å². The number of methoxy groups -OCH3 is 1. The molecule has 1 rings (SSSR count). The monoisotopic (exact) mass is 291 g/mol. The average molecular weight is 291 g/mol. The molecule has 0 amide bonds. The lowest BCUT2D eigenvalue weighted by atomic mass is 10.0. The first-order valence-corrected chi connectivity index (χ1v) is 7.70. The largest absolute Gasteiger partial charge is 0.497 e. The molecule has 0 radical (unpaired) electrons. The topological polar surface area (TPSA) is 59.6 Å². The lowest BCUT2D eigenvalue weighted by Crippen LogP contribution is -2.38. The number of ether oxygens (including phenoxy) is 1. The van der Waals surface area contributed by atoms with Gasteiger partial charge in [-0.3, -0.25) is 0 Å². The van der Waals surface area contributed by atoms with Crippen molar-refractivity contribution in [3.63, 3.8) is 0 Å². The highest BCUT2D eigenvalue weighted by Gasteiger charge is 2.04. The number of nitrogens with zero attached hydrogens (tertiary/aromatic N) is 1. The quantitative estimate of drug-likeness (QED) is 0.570. The van der Waals surface area contributed by atoms with Crippen molar-refractivity contribution < 1.29 is 4.74 Å². The molecule has 0 bridgehead atoms. The number of guanidine groups is 1. The molecule has 1 atom stereocenters. The van der Waals surface area contributed by atoms with Gasteiger partial charge in [0.2, 0.25) is 0 Å². The summed E-state index contributed by atoms with van der Waals surface area (Å²) in [6.07, 6.45) is 3.59. The Morgan fingerprint density at radius 2 is 2.05 bits per heavy atom. The van der Waals surface area contributed by atoms with Gasteiger partial charge >= 0.3 is 0 Å². The van der Waals surface area contributed by atoms with Crippen molar-refractivity contribution in [3.8, 4) is 5.75 Å². The van der Waals surface area contributed by atoms with Crippen molar-refractivity contribution in [3.05, 3.63) is 29.8 Å². The summed E-state index contributed by atoms with van der Waals surface area (Å²) >= 11 is 0. The first-order valence-electron chi connectivity index (χ1n) is 7.70. The zero-order valence-corrected chi connectivity index (χ0v) is 13.7. The number of nitrogens with two attached hydrogens (primary N) is 1. The molecule has 0 fully saturated rings. The molecule has 4 heteroatoms. The molecule has 0 spiro atoms. The Balaban J connectivity index is 2.38. The van der Waals surface area contributed by atoms with Crippen LogP contribution in [0.5, 0.6) is 5.75 Å². The van der Waals surface area contributed by atoms with Crippen molar-refractivity contribution >= 4 is 5.96 Å². The second kappa shape index (κ2) is 9.27. The van der Waals surface area contributed by atoms with Gasteiger partial charge in [0.05, 0.1) is 13.7 Å². The predicted octanol–water partition coefficient (Wildman–Crippen LogP) is 3.31. The summed E-state index contributed by atoms with van der Waals surface area (Å²) in [5.41, 5.74) is 7.02. The van der Waals surface area contributed by atoms with E-state index in [0.29, 0.717) is 18.5 Å². The number of hydrogen-bond acceptors (Lipinski definition) is 2. The molecule has 0 aliphatic rings. The highest BCUT2D eigenvalue weighted by Crippen LogP contribution is 2.13. The Hall–Kier alpha value is -1.71. The van der Waals surface area contributed by atoms with Crippen LogP contribution in [0, 0.1) is 5.92 Å². The minimum absolute atomic E-state index is 0.359. The van der Waals surface area contributed by atoms with E-state index in [4.69, 9.17) is 10.5 Å². The van der Waals surface area contributed by atoms with Crippen LogP contribution in [0.15, 0.2) is 29.3 Å². The third-order valence-corrected chi connectivity index (χ3v) is 3.38. The number of nitrogens with one attached hydrogen (secondary N) is 1. The molecular formula is C17H29N3O. The van der Waals surface area contributed by atoms with Crippen LogP contribution < -0.4 is 15.8 Å². The van der Waals surface area contributed by atoms with Gasteiger partial charge in [0.25, 0.3) is 0 Å². The zero-order valence-electron chi connectivity index (χ0n) is 13.7. The number of hydrogen-bond donors (Lipinski definition) is 2. The lowest BCUT2D eigenvalue weighted by Gasteiger charge is -2.15. The van der Waals surface area contributed by atoms with Crippen LogP contribution in [0.3, 0.4) is 0 Å². The van der Waals surface area contributed by atoms with E-state index in [9.17, 15) is 0 Å². The fourth-order valence-corrected chi connectivity index (χ4v) is 2.15. The predicted molar refractivity (Wildman–Crippen MR) is 89.6 cm³/mol. The average Bonchev–Trinajstić information content (AvgIpc) is 2.45. The minimum atomic E-state index is 0.359. The van der Waals surface area contributed by atoms with Crippen molar-refractivity contribution in [2.45, 2.75) is 52.6 Å². The summed E-state index contributed by atoms with van der Waals surface area (Å²) in [6.45, 7) is 7.22. The summed E-state index contributed by atoms with van der Waals surface area (Å²) in [5, 5.41) is 3.25. The SMILES string of the molecule is COc1cccc(CN=C(N)NC(C)CCCC(C)C)c1. The minimum Gasteiger partial charge on any atom is -0.497 e. The molecule has 0 aliphatic heterocycles. The molecule has 0 saturated carbocycles. The van der Waals surface area contributed by atoms with E-state index in [2.05, 4.69) is 31.1 Å². The van der Waals surface area contributed by atoms with E-state index >= 15 is 0 Å². The maximum absolute atomic E-state index is 5.93. The van der Waals surface area contributed by atoms with Gasteiger partial charge in [-0.2, -0.15) is 0 Å². The van der Waals surface area contributed by atoms with E-state index in [1.165, 1.54) is 12.8 Å². The fourth-order valence-electron chi connectivity index (χ4n) is 2.15. The lowest BCUT2D eigenvalue weighted by molar-refractivity contribution is 0.414. The van der Waals surface area contributed by atoms with Crippen LogP contribution in [0.1, 0.15) is 45.6 Å². The summed E-state index contributed by atoms with van der Waals surface area (Å²) in [5.74, 6) is 2.11. The van der Waals surface area contributed by atoms with Crippen LogP contribution in [-0.4, -0.2) is 19.1 Å². The summed E-state index contributed by atoms with van der Waals surface area (Å²) in [4.78, 5) is 4.38. The van der Waals surface area contributed by atoms with Gasteiger partial charge in [0.15, 0.2) is 5.96 Å². The summed E-state index contributed by atoms with van der Waals surface area (Å²) in [7, 11) is 1.66. The van der Waals surface area contributed by atoms with Crippen LogP contribution in [0.25, 0.3) is 0 Å². The number of rotatable bonds is 8. The molecule has 21 heavy (non-hydrogen) atoms. The number of benzene rings is 1. The normalized spacial score (nSPS) is 13.3. The third-order valence-electron chi connectivity index (χ3n) is 3.38. The number of aliphatic imine (C=N–C) groups is 1. The molecule has 4 nitrogen and oxygen atoms in total. The molecule has 3 N–H and O–H groups in total. The molecule has 1 aromatic carbocycles. The van der Waals surface area contributed by atoms with Crippen LogP contribution in [0.4, 0.5) is 0 Å². The van der Waals surface area contributed by atoms with Crippen LogP contribution in [0.2, 0.25) is 0 Å². The fraction of sp³-hybridized carbons (Fsp3) is 0.588. The molecule has 0 aliphatic carbocycles. The third kappa shape index (κ3) is 7.59. The van der Waals surface area contributed by atoms with E-state index < -0.39 is 0 Å². The Morgan fingerprint density at radius 3 is 2.71 bits per heavy atom. The molecule has 0 heterocycles. The molecule has 0 saturated heterocycles. The van der Waals surface area contributed by atoms with Crippen molar-refractivity contribution in [2.75, 3.05) is 7.11 Å². The maximum Gasteiger partial charge on any atom is 0.189 e.